The minimum absolute atomic E-state index is 0.105. The summed E-state index contributed by atoms with van der Waals surface area (Å²) in [6.07, 6.45) is 1.84. The first-order valence-corrected chi connectivity index (χ1v) is 12.8. The second-order valence-electron chi connectivity index (χ2n) is 8.76. The van der Waals surface area contributed by atoms with Gasteiger partial charge in [0.25, 0.3) is 0 Å². The van der Waals surface area contributed by atoms with Crippen molar-refractivity contribution in [3.05, 3.63) is 102 Å². The number of hydrogen-bond donors (Lipinski definition) is 2. The molecule has 1 aliphatic heterocycles. The van der Waals surface area contributed by atoms with Crippen LogP contribution in [-0.4, -0.2) is 34.1 Å². The molecule has 194 valence electrons. The van der Waals surface area contributed by atoms with Gasteiger partial charge >= 0.3 is 0 Å². The lowest BCUT2D eigenvalue weighted by Gasteiger charge is -2.25. The van der Waals surface area contributed by atoms with Crippen LogP contribution in [0.1, 0.15) is 36.9 Å². The summed E-state index contributed by atoms with van der Waals surface area (Å²) >= 11 is 5.68. The molecule has 1 fully saturated rings. The van der Waals surface area contributed by atoms with Gasteiger partial charge in [-0.15, -0.1) is 0 Å². The fourth-order valence-corrected chi connectivity index (χ4v) is 4.83. The first kappa shape index (κ1) is 25.4. The molecule has 0 saturated carbocycles. The number of pyridine rings is 1. The number of nitrogens with zero attached hydrogens (tertiary/aromatic N) is 2. The van der Waals surface area contributed by atoms with E-state index in [1.54, 1.807) is 18.3 Å². The summed E-state index contributed by atoms with van der Waals surface area (Å²) in [4.78, 5) is 19.1. The molecule has 9 heteroatoms. The van der Waals surface area contributed by atoms with Gasteiger partial charge in [0.15, 0.2) is 5.11 Å². The van der Waals surface area contributed by atoms with Crippen molar-refractivity contribution < 1.29 is 18.3 Å². The Bertz CT molecular complexity index is 1410. The van der Waals surface area contributed by atoms with E-state index in [1.807, 2.05) is 66.4 Å². The molecule has 1 amide bonds. The highest BCUT2D eigenvalue weighted by molar-refractivity contribution is 7.80. The second kappa shape index (κ2) is 11.4. The molecule has 0 bridgehead atoms. The number of aromatic nitrogens is 1. The number of rotatable bonds is 9. The zero-order valence-electron chi connectivity index (χ0n) is 20.8. The molecular formula is C29H27FN4O3S. The maximum atomic E-state index is 14.0. The largest absolute Gasteiger partial charge is 0.494 e. The molecule has 1 aliphatic rings. The Balaban J connectivity index is 1.38. The molecule has 2 aromatic heterocycles. The number of hydrogen-bond acceptors (Lipinski definition) is 5. The Morgan fingerprint density at radius 3 is 2.63 bits per heavy atom. The van der Waals surface area contributed by atoms with Crippen molar-refractivity contribution in [2.24, 2.45) is 0 Å². The second-order valence-corrected chi connectivity index (χ2v) is 9.14. The van der Waals surface area contributed by atoms with Crippen molar-refractivity contribution in [1.82, 2.24) is 15.2 Å². The predicted molar refractivity (Wildman–Crippen MR) is 147 cm³/mol. The lowest BCUT2D eigenvalue weighted by atomic mass is 10.0. The van der Waals surface area contributed by atoms with Crippen molar-refractivity contribution in [3.8, 4) is 17.1 Å². The van der Waals surface area contributed by atoms with Gasteiger partial charge in [-0.25, -0.2) is 4.39 Å². The molecule has 2 atom stereocenters. The SMILES string of the molecule is CCOc1ccc(-c2ccc([C@@H]3[C@@H](c4ccccn4)NC(=S)N3CCC(=O)Nc3ccccc3F)o2)cc1. The minimum Gasteiger partial charge on any atom is -0.494 e. The zero-order valence-corrected chi connectivity index (χ0v) is 21.6. The quantitative estimate of drug-likeness (QED) is 0.262. The van der Waals surface area contributed by atoms with Gasteiger partial charge in [-0.05, 0) is 79.8 Å². The Morgan fingerprint density at radius 2 is 1.89 bits per heavy atom. The van der Waals surface area contributed by atoms with Crippen LogP contribution in [0.5, 0.6) is 5.75 Å². The molecule has 0 unspecified atom stereocenters. The molecule has 5 rings (SSSR count). The van der Waals surface area contributed by atoms with Gasteiger partial charge in [-0.1, -0.05) is 18.2 Å². The van der Waals surface area contributed by atoms with E-state index in [0.29, 0.717) is 29.8 Å². The maximum Gasteiger partial charge on any atom is 0.226 e. The third-order valence-electron chi connectivity index (χ3n) is 6.29. The van der Waals surface area contributed by atoms with Crippen molar-refractivity contribution in [1.29, 1.82) is 0 Å². The van der Waals surface area contributed by atoms with Gasteiger partial charge in [-0.3, -0.25) is 9.78 Å². The van der Waals surface area contributed by atoms with Gasteiger partial charge < -0.3 is 24.7 Å². The fourth-order valence-electron chi connectivity index (χ4n) is 4.50. The van der Waals surface area contributed by atoms with Crippen LogP contribution < -0.4 is 15.4 Å². The molecule has 2 N–H and O–H groups in total. The summed E-state index contributed by atoms with van der Waals surface area (Å²) in [5.41, 5.74) is 1.86. The summed E-state index contributed by atoms with van der Waals surface area (Å²) in [7, 11) is 0. The molecular weight excluding hydrogens is 503 g/mol. The molecule has 4 aromatic rings. The number of furan rings is 1. The number of anilines is 1. The normalized spacial score (nSPS) is 16.8. The Kier molecular flexibility index (Phi) is 7.65. The zero-order chi connectivity index (χ0) is 26.5. The third kappa shape index (κ3) is 5.52. The van der Waals surface area contributed by atoms with Crippen molar-refractivity contribution >= 4 is 28.9 Å². The van der Waals surface area contributed by atoms with Crippen LogP contribution in [-0.2, 0) is 4.79 Å². The third-order valence-corrected chi connectivity index (χ3v) is 6.65. The number of para-hydroxylation sites is 1. The average molecular weight is 531 g/mol. The van der Waals surface area contributed by atoms with Crippen LogP contribution >= 0.6 is 12.2 Å². The molecule has 0 spiro atoms. The highest BCUT2D eigenvalue weighted by atomic mass is 32.1. The summed E-state index contributed by atoms with van der Waals surface area (Å²) in [5.74, 6) is 1.39. The van der Waals surface area contributed by atoms with E-state index in [4.69, 9.17) is 21.4 Å². The van der Waals surface area contributed by atoms with E-state index in [0.717, 1.165) is 17.0 Å². The lowest BCUT2D eigenvalue weighted by molar-refractivity contribution is -0.116. The molecule has 0 radical (unpaired) electrons. The van der Waals surface area contributed by atoms with Crippen molar-refractivity contribution in [2.75, 3.05) is 18.5 Å². The molecule has 38 heavy (non-hydrogen) atoms. The highest BCUT2D eigenvalue weighted by Gasteiger charge is 2.41. The smallest absolute Gasteiger partial charge is 0.226 e. The van der Waals surface area contributed by atoms with E-state index in [9.17, 15) is 9.18 Å². The van der Waals surface area contributed by atoms with Crippen LogP contribution in [0.15, 0.2) is 89.5 Å². The fraction of sp³-hybridized carbons (Fsp3) is 0.207. The van der Waals surface area contributed by atoms with E-state index in [-0.39, 0.29) is 30.1 Å². The Labute approximate surface area is 225 Å². The number of halogens is 1. The average Bonchev–Trinajstić information content (AvgIpc) is 3.54. The number of carbonyl (C=O) groups excluding carboxylic acids is 1. The predicted octanol–water partition coefficient (Wildman–Crippen LogP) is 5.88. The first-order chi connectivity index (χ1) is 18.5. The molecule has 3 heterocycles. The van der Waals surface area contributed by atoms with Crippen molar-refractivity contribution in [2.45, 2.75) is 25.4 Å². The van der Waals surface area contributed by atoms with Crippen LogP contribution in [0.2, 0.25) is 0 Å². The summed E-state index contributed by atoms with van der Waals surface area (Å²) in [6.45, 7) is 2.85. The molecule has 0 aliphatic carbocycles. The molecule has 2 aromatic carbocycles. The molecule has 7 nitrogen and oxygen atoms in total. The van der Waals surface area contributed by atoms with E-state index >= 15 is 0 Å². The van der Waals surface area contributed by atoms with E-state index < -0.39 is 5.82 Å². The lowest BCUT2D eigenvalue weighted by Crippen LogP contribution is -2.32. The van der Waals surface area contributed by atoms with Crippen LogP contribution in [0.25, 0.3) is 11.3 Å². The van der Waals surface area contributed by atoms with Gasteiger partial charge in [0.1, 0.15) is 29.1 Å². The van der Waals surface area contributed by atoms with E-state index in [1.165, 1.54) is 12.1 Å². The monoisotopic (exact) mass is 530 g/mol. The number of benzene rings is 2. The van der Waals surface area contributed by atoms with Crippen molar-refractivity contribution in [3.63, 3.8) is 0 Å². The van der Waals surface area contributed by atoms with Gasteiger partial charge in [0.05, 0.1) is 24.0 Å². The van der Waals surface area contributed by atoms with Gasteiger partial charge in [0.2, 0.25) is 5.91 Å². The van der Waals surface area contributed by atoms with Gasteiger partial charge in [0, 0.05) is 24.7 Å². The highest BCUT2D eigenvalue weighted by Crippen LogP contribution is 2.40. The number of amides is 1. The van der Waals surface area contributed by atoms with Gasteiger partial charge in [-0.2, -0.15) is 0 Å². The summed E-state index contributed by atoms with van der Waals surface area (Å²) < 4.78 is 25.9. The van der Waals surface area contributed by atoms with Crippen LogP contribution in [0, 0.1) is 5.82 Å². The standard InChI is InChI=1S/C29H27FN4O3S/c1-2-36-20-12-10-19(11-13-20)24-14-15-25(37-24)28-27(23-9-5-6-17-31-23)33-29(38)34(28)18-16-26(35)32-22-8-4-3-7-21(22)30/h3-15,17,27-28H,2,16,18H2,1H3,(H,32,35)(H,33,38)/t27-,28-/m1/s1. The first-order valence-electron chi connectivity index (χ1n) is 12.4. The Hall–Kier alpha value is -4.24. The summed E-state index contributed by atoms with van der Waals surface area (Å²) in [5, 5.41) is 6.47. The number of thiocarbonyl (C=S) groups is 1. The van der Waals surface area contributed by atoms with E-state index in [2.05, 4.69) is 15.6 Å². The van der Waals surface area contributed by atoms with Crippen LogP contribution in [0.4, 0.5) is 10.1 Å². The minimum atomic E-state index is -0.482. The topological polar surface area (TPSA) is 79.6 Å². The Morgan fingerprint density at radius 1 is 1.11 bits per heavy atom. The number of carbonyl (C=O) groups is 1. The van der Waals surface area contributed by atoms with Crippen LogP contribution in [0.3, 0.4) is 0 Å². The summed E-state index contributed by atoms with van der Waals surface area (Å²) in [6, 6.07) is 22.7. The maximum absolute atomic E-state index is 14.0. The number of ether oxygens (including phenoxy) is 1. The molecule has 1 saturated heterocycles. The number of nitrogens with one attached hydrogen (secondary N) is 2.